The maximum atomic E-state index is 12.0. The van der Waals surface area contributed by atoms with Gasteiger partial charge in [0.05, 0.1) is 16.8 Å². The van der Waals surface area contributed by atoms with Gasteiger partial charge in [-0.1, -0.05) is 36.3 Å². The van der Waals surface area contributed by atoms with E-state index in [0.29, 0.717) is 19.7 Å². The number of carbonyl (C=O) groups excluding carboxylic acids is 1. The summed E-state index contributed by atoms with van der Waals surface area (Å²) in [7, 11) is 0. The van der Waals surface area contributed by atoms with Gasteiger partial charge in [-0.05, 0) is 24.6 Å². The van der Waals surface area contributed by atoms with E-state index in [4.69, 9.17) is 16.3 Å². The molecule has 0 bridgehead atoms. The Kier molecular flexibility index (Phi) is 5.23. The topological polar surface area (TPSA) is 45.7 Å². The van der Waals surface area contributed by atoms with Gasteiger partial charge >= 0.3 is 6.09 Å². The van der Waals surface area contributed by atoms with E-state index in [9.17, 15) is 4.79 Å². The number of hydrogen-bond acceptors (Lipinski definition) is 5. The number of piperazine rings is 1. The van der Waals surface area contributed by atoms with Crippen molar-refractivity contribution in [2.45, 2.75) is 19.8 Å². The first-order valence-corrected chi connectivity index (χ1v) is 9.09. The number of rotatable bonds is 4. The Balaban J connectivity index is 1.58. The highest BCUT2D eigenvalue weighted by molar-refractivity contribution is 7.22. The Labute approximate surface area is 144 Å². The predicted octanol–water partition coefficient (Wildman–Crippen LogP) is 4.01. The standard InChI is InChI=1S/C16H20ClN3O2S/c1-2-3-10-22-16(21)20-8-6-19(7-9-20)15-18-13-5-4-12(17)11-14(13)23-15/h4-5,11H,2-3,6-10H2,1H3. The van der Waals surface area contributed by atoms with E-state index in [1.54, 1.807) is 16.2 Å². The second kappa shape index (κ2) is 7.36. The van der Waals surface area contributed by atoms with Crippen LogP contribution in [0.15, 0.2) is 18.2 Å². The quantitative estimate of drug-likeness (QED) is 0.779. The molecule has 1 amide bonds. The molecule has 1 aliphatic rings. The number of hydrogen-bond donors (Lipinski definition) is 0. The molecule has 0 saturated carbocycles. The molecule has 0 spiro atoms. The first-order valence-electron chi connectivity index (χ1n) is 7.90. The zero-order chi connectivity index (χ0) is 16.2. The van der Waals surface area contributed by atoms with Crippen LogP contribution < -0.4 is 4.90 Å². The summed E-state index contributed by atoms with van der Waals surface area (Å²) in [4.78, 5) is 20.6. The molecule has 0 aliphatic carbocycles. The molecule has 0 unspecified atom stereocenters. The van der Waals surface area contributed by atoms with E-state index in [1.807, 2.05) is 18.2 Å². The molecule has 124 valence electrons. The van der Waals surface area contributed by atoms with Gasteiger partial charge in [0.2, 0.25) is 0 Å². The molecule has 0 radical (unpaired) electrons. The number of unbranched alkanes of at least 4 members (excludes halogenated alkanes) is 1. The Morgan fingerprint density at radius 1 is 1.35 bits per heavy atom. The van der Waals surface area contributed by atoms with Crippen molar-refractivity contribution in [2.24, 2.45) is 0 Å². The minimum absolute atomic E-state index is 0.200. The van der Waals surface area contributed by atoms with Gasteiger partial charge in [-0.2, -0.15) is 0 Å². The summed E-state index contributed by atoms with van der Waals surface area (Å²) in [6, 6.07) is 5.75. The molecule has 2 aromatic rings. The van der Waals surface area contributed by atoms with Crippen LogP contribution in [0.5, 0.6) is 0 Å². The molecule has 2 heterocycles. The molecular formula is C16H20ClN3O2S. The first kappa shape index (κ1) is 16.3. The molecule has 3 rings (SSSR count). The highest BCUT2D eigenvalue weighted by Crippen LogP contribution is 2.31. The fourth-order valence-corrected chi connectivity index (χ4v) is 3.79. The Bertz CT molecular complexity index is 683. The normalized spacial score (nSPS) is 15.2. The van der Waals surface area contributed by atoms with Gasteiger partial charge in [0.1, 0.15) is 0 Å². The number of carbonyl (C=O) groups is 1. The summed E-state index contributed by atoms with van der Waals surface area (Å²) >= 11 is 7.67. The SMILES string of the molecule is CCCCOC(=O)N1CCN(c2nc3ccc(Cl)cc3s2)CC1. The van der Waals surface area contributed by atoms with E-state index in [-0.39, 0.29) is 6.09 Å². The molecule has 1 saturated heterocycles. The van der Waals surface area contributed by atoms with Crippen LogP contribution in [0.2, 0.25) is 5.02 Å². The molecule has 0 N–H and O–H groups in total. The van der Waals surface area contributed by atoms with Crippen LogP contribution >= 0.6 is 22.9 Å². The Morgan fingerprint density at radius 3 is 2.87 bits per heavy atom. The lowest BCUT2D eigenvalue weighted by molar-refractivity contribution is 0.0989. The highest BCUT2D eigenvalue weighted by Gasteiger charge is 2.23. The van der Waals surface area contributed by atoms with Crippen molar-refractivity contribution in [3.63, 3.8) is 0 Å². The molecule has 1 aromatic carbocycles. The van der Waals surface area contributed by atoms with Crippen LogP contribution in [0.25, 0.3) is 10.2 Å². The van der Waals surface area contributed by atoms with Gasteiger partial charge in [0, 0.05) is 31.2 Å². The van der Waals surface area contributed by atoms with Gasteiger partial charge in [0.15, 0.2) is 5.13 Å². The number of anilines is 1. The van der Waals surface area contributed by atoms with E-state index in [0.717, 1.165) is 46.3 Å². The molecular weight excluding hydrogens is 334 g/mol. The summed E-state index contributed by atoms with van der Waals surface area (Å²) in [6.07, 6.45) is 1.75. The number of thiazole rings is 1. The van der Waals surface area contributed by atoms with E-state index < -0.39 is 0 Å². The van der Waals surface area contributed by atoms with Crippen LogP contribution in [0.1, 0.15) is 19.8 Å². The molecule has 1 fully saturated rings. The summed E-state index contributed by atoms with van der Waals surface area (Å²) in [6.45, 7) is 5.47. The second-order valence-electron chi connectivity index (χ2n) is 5.55. The van der Waals surface area contributed by atoms with Crippen LogP contribution in [0.3, 0.4) is 0 Å². The first-order chi connectivity index (χ1) is 11.2. The Morgan fingerprint density at radius 2 is 2.13 bits per heavy atom. The van der Waals surface area contributed by atoms with Gasteiger partial charge in [-0.25, -0.2) is 9.78 Å². The van der Waals surface area contributed by atoms with Crippen molar-refractivity contribution in [3.05, 3.63) is 23.2 Å². The lowest BCUT2D eigenvalue weighted by atomic mass is 10.3. The van der Waals surface area contributed by atoms with Gasteiger partial charge in [0.25, 0.3) is 0 Å². The number of halogens is 1. The summed E-state index contributed by atoms with van der Waals surface area (Å²) in [5.74, 6) is 0. The summed E-state index contributed by atoms with van der Waals surface area (Å²) in [5, 5.41) is 1.72. The maximum Gasteiger partial charge on any atom is 0.409 e. The molecule has 7 heteroatoms. The third kappa shape index (κ3) is 3.87. The molecule has 1 aliphatic heterocycles. The van der Waals surface area contributed by atoms with Gasteiger partial charge in [-0.3, -0.25) is 0 Å². The minimum Gasteiger partial charge on any atom is -0.449 e. The largest absolute Gasteiger partial charge is 0.449 e. The predicted molar refractivity (Wildman–Crippen MR) is 94.7 cm³/mol. The van der Waals surface area contributed by atoms with Crippen LogP contribution in [0.4, 0.5) is 9.93 Å². The second-order valence-corrected chi connectivity index (χ2v) is 7.00. The van der Waals surface area contributed by atoms with E-state index in [2.05, 4.69) is 16.8 Å². The van der Waals surface area contributed by atoms with E-state index in [1.165, 1.54) is 0 Å². The van der Waals surface area contributed by atoms with Gasteiger partial charge in [-0.15, -0.1) is 0 Å². The number of benzene rings is 1. The van der Waals surface area contributed by atoms with Crippen molar-refractivity contribution in [3.8, 4) is 0 Å². The smallest absolute Gasteiger partial charge is 0.409 e. The van der Waals surface area contributed by atoms with Crippen LogP contribution in [0, 0.1) is 0 Å². The average molecular weight is 354 g/mol. The molecule has 5 nitrogen and oxygen atoms in total. The van der Waals surface area contributed by atoms with Gasteiger partial charge < -0.3 is 14.5 Å². The minimum atomic E-state index is -0.200. The highest BCUT2D eigenvalue weighted by atomic mass is 35.5. The van der Waals surface area contributed by atoms with E-state index >= 15 is 0 Å². The maximum absolute atomic E-state index is 12.0. The number of amides is 1. The lowest BCUT2D eigenvalue weighted by Gasteiger charge is -2.33. The van der Waals surface area contributed by atoms with Crippen LogP contribution in [-0.2, 0) is 4.74 Å². The number of fused-ring (bicyclic) bond motifs is 1. The monoisotopic (exact) mass is 353 g/mol. The van der Waals surface area contributed by atoms with Crippen molar-refractivity contribution in [1.82, 2.24) is 9.88 Å². The molecule has 1 aromatic heterocycles. The fourth-order valence-electron chi connectivity index (χ4n) is 2.50. The molecule has 0 atom stereocenters. The van der Waals surface area contributed by atoms with Crippen molar-refractivity contribution >= 4 is 44.4 Å². The third-order valence-electron chi connectivity index (χ3n) is 3.87. The average Bonchev–Trinajstić information content (AvgIpc) is 2.98. The number of aromatic nitrogens is 1. The number of nitrogens with zero attached hydrogens (tertiary/aromatic N) is 3. The Hall–Kier alpha value is -1.53. The van der Waals surface area contributed by atoms with Crippen LogP contribution in [-0.4, -0.2) is 48.8 Å². The van der Waals surface area contributed by atoms with Crippen molar-refractivity contribution in [2.75, 3.05) is 37.7 Å². The zero-order valence-electron chi connectivity index (χ0n) is 13.1. The fraction of sp³-hybridized carbons (Fsp3) is 0.500. The lowest BCUT2D eigenvalue weighted by Crippen LogP contribution is -2.49. The third-order valence-corrected chi connectivity index (χ3v) is 5.19. The van der Waals surface area contributed by atoms with Crippen molar-refractivity contribution < 1.29 is 9.53 Å². The number of ether oxygens (including phenoxy) is 1. The van der Waals surface area contributed by atoms with Crippen molar-refractivity contribution in [1.29, 1.82) is 0 Å². The summed E-state index contributed by atoms with van der Waals surface area (Å²) < 4.78 is 6.36. The zero-order valence-corrected chi connectivity index (χ0v) is 14.7. The molecule has 23 heavy (non-hydrogen) atoms. The summed E-state index contributed by atoms with van der Waals surface area (Å²) in [5.41, 5.74) is 0.968.